The van der Waals surface area contributed by atoms with Crippen molar-refractivity contribution in [3.05, 3.63) is 36.5 Å². The van der Waals surface area contributed by atoms with Gasteiger partial charge in [-0.1, -0.05) is 13.0 Å². The molecule has 1 atom stereocenters. The number of rotatable bonds is 6. The van der Waals surface area contributed by atoms with Gasteiger partial charge in [-0.3, -0.25) is 4.79 Å². The summed E-state index contributed by atoms with van der Waals surface area (Å²) in [6.07, 6.45) is 7.75. The molecule has 2 aromatic heterocycles. The van der Waals surface area contributed by atoms with E-state index < -0.39 is 0 Å². The lowest BCUT2D eigenvalue weighted by Gasteiger charge is -2.31. The van der Waals surface area contributed by atoms with E-state index in [1.54, 1.807) is 17.2 Å². The smallest absolute Gasteiger partial charge is 0.223 e. The van der Waals surface area contributed by atoms with Crippen molar-refractivity contribution >= 4 is 5.91 Å². The summed E-state index contributed by atoms with van der Waals surface area (Å²) in [5, 5.41) is 7.46. The summed E-state index contributed by atoms with van der Waals surface area (Å²) >= 11 is 0. The topological polar surface area (TPSA) is 75.9 Å². The molecule has 1 fully saturated rings. The monoisotopic (exact) mass is 328 g/mol. The third-order valence-corrected chi connectivity index (χ3v) is 4.34. The Bertz CT molecular complexity index is 657. The number of nitrogens with one attached hydrogen (secondary N) is 1. The molecule has 2 aromatic rings. The van der Waals surface area contributed by atoms with Crippen molar-refractivity contribution in [3.63, 3.8) is 0 Å². The van der Waals surface area contributed by atoms with Crippen LogP contribution in [-0.2, 0) is 11.3 Å². The second kappa shape index (κ2) is 8.01. The molecule has 7 heteroatoms. The largest absolute Gasteiger partial charge is 0.342 e. The van der Waals surface area contributed by atoms with Crippen LogP contribution in [0.2, 0.25) is 0 Å². The lowest BCUT2D eigenvalue weighted by Crippen LogP contribution is -2.40. The van der Waals surface area contributed by atoms with Crippen LogP contribution in [0.5, 0.6) is 0 Å². The van der Waals surface area contributed by atoms with E-state index in [1.807, 2.05) is 17.0 Å². The van der Waals surface area contributed by atoms with Gasteiger partial charge in [0.05, 0.1) is 0 Å². The minimum absolute atomic E-state index is 0.247. The van der Waals surface area contributed by atoms with Gasteiger partial charge in [0.1, 0.15) is 12.7 Å². The van der Waals surface area contributed by atoms with Crippen LogP contribution >= 0.6 is 0 Å². The second-order valence-corrected chi connectivity index (χ2v) is 6.34. The van der Waals surface area contributed by atoms with Gasteiger partial charge in [0.25, 0.3) is 0 Å². The van der Waals surface area contributed by atoms with E-state index in [1.165, 1.54) is 12.7 Å². The molecule has 1 amide bonds. The molecular weight excluding hydrogens is 304 g/mol. The normalized spacial score (nSPS) is 17.9. The van der Waals surface area contributed by atoms with E-state index >= 15 is 0 Å². The first-order chi connectivity index (χ1) is 11.7. The fraction of sp³-hybridized carbons (Fsp3) is 0.529. The highest BCUT2D eigenvalue weighted by Crippen LogP contribution is 2.16. The number of carbonyl (C=O) groups is 1. The van der Waals surface area contributed by atoms with Crippen LogP contribution in [0.4, 0.5) is 0 Å². The number of carbonyl (C=O) groups excluding carboxylic acids is 1. The fourth-order valence-corrected chi connectivity index (χ4v) is 3.08. The summed E-state index contributed by atoms with van der Waals surface area (Å²) in [6, 6.07) is 3.91. The van der Waals surface area contributed by atoms with Gasteiger partial charge < -0.3 is 10.2 Å². The van der Waals surface area contributed by atoms with Gasteiger partial charge >= 0.3 is 0 Å². The predicted octanol–water partition coefficient (Wildman–Crippen LogP) is 1.40. The highest BCUT2D eigenvalue weighted by molar-refractivity contribution is 5.76. The molecule has 1 aliphatic heterocycles. The van der Waals surface area contributed by atoms with Crippen molar-refractivity contribution in [1.82, 2.24) is 30.0 Å². The molecule has 1 N–H and O–H groups in total. The van der Waals surface area contributed by atoms with Crippen molar-refractivity contribution in [2.24, 2.45) is 5.92 Å². The Kier molecular flexibility index (Phi) is 5.53. The van der Waals surface area contributed by atoms with Crippen LogP contribution in [0, 0.1) is 5.92 Å². The first kappa shape index (κ1) is 16.6. The molecule has 0 spiro atoms. The lowest BCUT2D eigenvalue weighted by molar-refractivity contribution is -0.132. The molecule has 1 saturated heterocycles. The SMILES string of the molecule is C[C@H]1CCCN(C(=O)CCNCc2cccnc2-n2cncn2)C1. The van der Waals surface area contributed by atoms with Crippen LogP contribution in [-0.4, -0.2) is 50.2 Å². The number of piperidine rings is 1. The average molecular weight is 328 g/mol. The van der Waals surface area contributed by atoms with Crippen LogP contribution in [0.3, 0.4) is 0 Å². The van der Waals surface area contributed by atoms with E-state index in [9.17, 15) is 4.79 Å². The van der Waals surface area contributed by atoms with Crippen LogP contribution in [0.15, 0.2) is 31.0 Å². The zero-order valence-corrected chi connectivity index (χ0v) is 14.1. The zero-order chi connectivity index (χ0) is 16.8. The van der Waals surface area contributed by atoms with Crippen molar-refractivity contribution in [2.45, 2.75) is 32.7 Å². The minimum atomic E-state index is 0.247. The number of aromatic nitrogens is 4. The van der Waals surface area contributed by atoms with E-state index in [2.05, 4.69) is 27.3 Å². The highest BCUT2D eigenvalue weighted by Gasteiger charge is 2.20. The lowest BCUT2D eigenvalue weighted by atomic mass is 10.00. The number of pyridine rings is 1. The van der Waals surface area contributed by atoms with Gasteiger partial charge in [-0.15, -0.1) is 0 Å². The Hall–Kier alpha value is -2.28. The molecule has 128 valence electrons. The van der Waals surface area contributed by atoms with Gasteiger partial charge in [-0.2, -0.15) is 5.10 Å². The van der Waals surface area contributed by atoms with E-state index in [0.717, 1.165) is 30.9 Å². The Morgan fingerprint density at radius 2 is 2.38 bits per heavy atom. The third-order valence-electron chi connectivity index (χ3n) is 4.34. The van der Waals surface area contributed by atoms with Gasteiger partial charge in [0.15, 0.2) is 5.82 Å². The summed E-state index contributed by atoms with van der Waals surface area (Å²) in [5.74, 6) is 1.63. The number of nitrogens with zero attached hydrogens (tertiary/aromatic N) is 5. The van der Waals surface area contributed by atoms with Crippen LogP contribution < -0.4 is 5.32 Å². The summed E-state index contributed by atoms with van der Waals surface area (Å²) in [4.78, 5) is 22.6. The van der Waals surface area contributed by atoms with E-state index in [-0.39, 0.29) is 5.91 Å². The zero-order valence-electron chi connectivity index (χ0n) is 14.1. The standard InChI is InChI=1S/C17H24N6O/c1-14-4-3-9-22(11-14)16(24)6-8-18-10-15-5-2-7-20-17(15)23-13-19-12-21-23/h2,5,7,12-14,18H,3-4,6,8-11H2,1H3/t14-/m0/s1. The molecule has 0 unspecified atom stereocenters. The summed E-state index contributed by atoms with van der Waals surface area (Å²) in [7, 11) is 0. The van der Waals surface area contributed by atoms with Gasteiger partial charge in [-0.05, 0) is 24.8 Å². The molecule has 1 aliphatic rings. The first-order valence-corrected chi connectivity index (χ1v) is 8.51. The maximum atomic E-state index is 12.3. The minimum Gasteiger partial charge on any atom is -0.342 e. The van der Waals surface area contributed by atoms with Crippen molar-refractivity contribution in [2.75, 3.05) is 19.6 Å². The Morgan fingerprint density at radius 3 is 3.17 bits per heavy atom. The number of hydrogen-bond acceptors (Lipinski definition) is 5. The van der Waals surface area contributed by atoms with Gasteiger partial charge in [-0.25, -0.2) is 14.6 Å². The predicted molar refractivity (Wildman–Crippen MR) is 90.5 cm³/mol. The number of amides is 1. The number of likely N-dealkylation sites (tertiary alicyclic amines) is 1. The molecule has 7 nitrogen and oxygen atoms in total. The molecule has 0 aromatic carbocycles. The Balaban J connectivity index is 1.48. The molecule has 0 radical (unpaired) electrons. The van der Waals surface area contributed by atoms with Crippen molar-refractivity contribution in [1.29, 1.82) is 0 Å². The summed E-state index contributed by atoms with van der Waals surface area (Å²) in [6.45, 7) is 5.33. The molecular formula is C17H24N6O. The molecule has 0 saturated carbocycles. The average Bonchev–Trinajstić information content (AvgIpc) is 3.13. The number of hydrogen-bond donors (Lipinski definition) is 1. The molecule has 3 rings (SSSR count). The third kappa shape index (κ3) is 4.17. The van der Waals surface area contributed by atoms with Crippen molar-refractivity contribution < 1.29 is 4.79 Å². The highest BCUT2D eigenvalue weighted by atomic mass is 16.2. The van der Waals surface area contributed by atoms with Gasteiger partial charge in [0, 0.05) is 44.4 Å². The maximum Gasteiger partial charge on any atom is 0.223 e. The van der Waals surface area contributed by atoms with Crippen LogP contribution in [0.1, 0.15) is 31.7 Å². The summed E-state index contributed by atoms with van der Waals surface area (Å²) < 4.78 is 1.65. The molecule has 24 heavy (non-hydrogen) atoms. The Morgan fingerprint density at radius 1 is 1.46 bits per heavy atom. The fourth-order valence-electron chi connectivity index (χ4n) is 3.08. The van der Waals surface area contributed by atoms with Crippen molar-refractivity contribution in [3.8, 4) is 5.82 Å². The van der Waals surface area contributed by atoms with Crippen LogP contribution in [0.25, 0.3) is 5.82 Å². The molecule has 0 aliphatic carbocycles. The van der Waals surface area contributed by atoms with E-state index in [4.69, 9.17) is 0 Å². The second-order valence-electron chi connectivity index (χ2n) is 6.34. The quantitative estimate of drug-likeness (QED) is 0.811. The Labute approximate surface area is 142 Å². The molecule has 3 heterocycles. The summed E-state index contributed by atoms with van der Waals surface area (Å²) in [5.41, 5.74) is 1.03. The van der Waals surface area contributed by atoms with E-state index in [0.29, 0.717) is 25.4 Å². The molecule has 0 bridgehead atoms. The first-order valence-electron chi connectivity index (χ1n) is 8.51. The van der Waals surface area contributed by atoms with Gasteiger partial charge in [0.2, 0.25) is 5.91 Å². The maximum absolute atomic E-state index is 12.3.